The number of carbonyl (C=O) groups excluding carboxylic acids is 1. The summed E-state index contributed by atoms with van der Waals surface area (Å²) >= 11 is 0. The van der Waals surface area contributed by atoms with Gasteiger partial charge in [0.25, 0.3) is 10.0 Å². The molecule has 1 fully saturated rings. The maximum Gasteiger partial charge on any atom is 0.265 e. The lowest BCUT2D eigenvalue weighted by atomic mass is 10.1. The average Bonchev–Trinajstić information content (AvgIpc) is 2.94. The van der Waals surface area contributed by atoms with Crippen LogP contribution >= 0.6 is 0 Å². The molecular weight excluding hydrogens is 378 g/mol. The van der Waals surface area contributed by atoms with Gasteiger partial charge in [0.05, 0.1) is 30.3 Å². The summed E-state index contributed by atoms with van der Waals surface area (Å²) in [5.41, 5.74) is 0.577. The summed E-state index contributed by atoms with van der Waals surface area (Å²) in [6.07, 6.45) is 0.857. The van der Waals surface area contributed by atoms with E-state index in [1.165, 1.54) is 9.21 Å². The molecular formula is C20H26N3O4S+. The van der Waals surface area contributed by atoms with E-state index in [0.29, 0.717) is 17.6 Å². The number of nitrogens with one attached hydrogen (secondary N) is 2. The summed E-state index contributed by atoms with van der Waals surface area (Å²) in [5, 5.41) is 4.46. The molecule has 0 bridgehead atoms. The molecule has 0 saturated carbocycles. The third-order valence-electron chi connectivity index (χ3n) is 5.56. The number of morpholine rings is 1. The van der Waals surface area contributed by atoms with E-state index in [9.17, 15) is 13.2 Å². The van der Waals surface area contributed by atoms with Crippen LogP contribution in [0.2, 0.25) is 0 Å². The van der Waals surface area contributed by atoms with Gasteiger partial charge < -0.3 is 15.0 Å². The molecule has 0 aromatic heterocycles. The van der Waals surface area contributed by atoms with Crippen LogP contribution in [0.4, 0.5) is 5.69 Å². The minimum absolute atomic E-state index is 0.273. The van der Waals surface area contributed by atoms with E-state index in [-0.39, 0.29) is 10.8 Å². The highest BCUT2D eigenvalue weighted by molar-refractivity contribution is 7.93. The molecule has 1 atom stereocenters. The molecule has 8 heteroatoms. The van der Waals surface area contributed by atoms with Crippen molar-refractivity contribution in [1.29, 1.82) is 0 Å². The zero-order valence-corrected chi connectivity index (χ0v) is 16.8. The van der Waals surface area contributed by atoms with Gasteiger partial charge in [0.15, 0.2) is 0 Å². The fourth-order valence-corrected chi connectivity index (χ4v) is 5.92. The molecule has 150 valence electrons. The number of hydrogen-bond acceptors (Lipinski definition) is 4. The molecule has 1 saturated heterocycles. The number of nitrogens with zero attached hydrogens (tertiary/aromatic N) is 1. The van der Waals surface area contributed by atoms with Gasteiger partial charge in [0.2, 0.25) is 5.91 Å². The number of ether oxygens (including phenoxy) is 1. The second-order valence-corrected chi connectivity index (χ2v) is 9.15. The minimum Gasteiger partial charge on any atom is -0.370 e. The first-order chi connectivity index (χ1) is 13.5. The molecule has 2 aromatic carbocycles. The van der Waals surface area contributed by atoms with Gasteiger partial charge in [-0.25, -0.2) is 8.42 Å². The van der Waals surface area contributed by atoms with Crippen LogP contribution in [-0.2, 0) is 19.6 Å². The maximum atomic E-state index is 13.1. The normalized spacial score (nSPS) is 19.7. The Bertz CT molecular complexity index is 981. The molecule has 1 amide bonds. The number of carbonyl (C=O) groups is 1. The van der Waals surface area contributed by atoms with E-state index in [1.54, 1.807) is 25.1 Å². The van der Waals surface area contributed by atoms with Gasteiger partial charge in [-0.3, -0.25) is 9.10 Å². The SMILES string of the molecule is C[C@H](C(=O)NCCC[NH+]1CCOCC1)N1c2cccc3cccc(c23)S1(=O)=O. The van der Waals surface area contributed by atoms with E-state index in [1.807, 2.05) is 18.2 Å². The van der Waals surface area contributed by atoms with E-state index in [2.05, 4.69) is 5.32 Å². The Kier molecular flexibility index (Phi) is 5.27. The van der Waals surface area contributed by atoms with Crippen molar-refractivity contribution < 1.29 is 22.8 Å². The molecule has 2 heterocycles. The van der Waals surface area contributed by atoms with Crippen LogP contribution in [0.15, 0.2) is 41.3 Å². The first-order valence-corrected chi connectivity index (χ1v) is 11.2. The average molecular weight is 405 g/mol. The fraction of sp³-hybridized carbons (Fsp3) is 0.450. The Morgan fingerprint density at radius 2 is 1.93 bits per heavy atom. The van der Waals surface area contributed by atoms with E-state index in [0.717, 1.165) is 44.7 Å². The predicted octanol–water partition coefficient (Wildman–Crippen LogP) is 0.158. The van der Waals surface area contributed by atoms with Crippen molar-refractivity contribution in [2.24, 2.45) is 0 Å². The van der Waals surface area contributed by atoms with Crippen molar-refractivity contribution in [3.05, 3.63) is 36.4 Å². The van der Waals surface area contributed by atoms with Gasteiger partial charge >= 0.3 is 0 Å². The van der Waals surface area contributed by atoms with Crippen LogP contribution in [0.25, 0.3) is 10.8 Å². The van der Waals surface area contributed by atoms with Crippen LogP contribution in [-0.4, -0.2) is 59.8 Å². The van der Waals surface area contributed by atoms with Gasteiger partial charge in [0, 0.05) is 18.4 Å². The summed E-state index contributed by atoms with van der Waals surface area (Å²) in [7, 11) is -3.74. The molecule has 0 aliphatic carbocycles. The van der Waals surface area contributed by atoms with Crippen molar-refractivity contribution in [1.82, 2.24) is 5.32 Å². The lowest BCUT2D eigenvalue weighted by molar-refractivity contribution is -0.908. The second kappa shape index (κ2) is 7.69. The zero-order valence-electron chi connectivity index (χ0n) is 16.0. The first-order valence-electron chi connectivity index (χ1n) is 9.75. The predicted molar refractivity (Wildman–Crippen MR) is 107 cm³/mol. The van der Waals surface area contributed by atoms with Crippen LogP contribution in [0.1, 0.15) is 13.3 Å². The van der Waals surface area contributed by atoms with Crippen molar-refractivity contribution in [3.63, 3.8) is 0 Å². The highest BCUT2D eigenvalue weighted by Gasteiger charge is 2.40. The summed E-state index contributed by atoms with van der Waals surface area (Å²) in [6, 6.07) is 9.91. The van der Waals surface area contributed by atoms with Crippen LogP contribution in [0, 0.1) is 0 Å². The van der Waals surface area contributed by atoms with Gasteiger partial charge in [-0.2, -0.15) is 0 Å². The third-order valence-corrected chi connectivity index (χ3v) is 7.48. The molecule has 4 rings (SSSR count). The highest BCUT2D eigenvalue weighted by Crippen LogP contribution is 2.43. The summed E-state index contributed by atoms with van der Waals surface area (Å²) < 4.78 is 32.8. The van der Waals surface area contributed by atoms with Gasteiger partial charge in [-0.1, -0.05) is 24.3 Å². The summed E-state index contributed by atoms with van der Waals surface area (Å²) in [6.45, 7) is 6.74. The largest absolute Gasteiger partial charge is 0.370 e. The molecule has 2 N–H and O–H groups in total. The number of sulfonamides is 1. The number of benzene rings is 2. The zero-order chi connectivity index (χ0) is 19.7. The fourth-order valence-electron chi connectivity index (χ4n) is 4.05. The Labute approximate surface area is 165 Å². The first kappa shape index (κ1) is 19.2. The van der Waals surface area contributed by atoms with Gasteiger partial charge in [-0.15, -0.1) is 0 Å². The Morgan fingerprint density at radius 3 is 2.68 bits per heavy atom. The van der Waals surface area contributed by atoms with Crippen molar-refractivity contribution in [2.75, 3.05) is 43.7 Å². The molecule has 28 heavy (non-hydrogen) atoms. The van der Waals surface area contributed by atoms with E-state index >= 15 is 0 Å². The number of amides is 1. The summed E-state index contributed by atoms with van der Waals surface area (Å²) in [4.78, 5) is 14.5. The van der Waals surface area contributed by atoms with Gasteiger partial charge in [0.1, 0.15) is 19.1 Å². The lowest BCUT2D eigenvalue weighted by Crippen LogP contribution is -3.14. The topological polar surface area (TPSA) is 80.2 Å². The van der Waals surface area contributed by atoms with Crippen molar-refractivity contribution in [2.45, 2.75) is 24.3 Å². The van der Waals surface area contributed by atoms with Crippen molar-refractivity contribution in [3.8, 4) is 0 Å². The minimum atomic E-state index is -3.74. The van der Waals surface area contributed by atoms with Crippen LogP contribution in [0.5, 0.6) is 0 Å². The van der Waals surface area contributed by atoms with Crippen LogP contribution in [0.3, 0.4) is 0 Å². The van der Waals surface area contributed by atoms with E-state index < -0.39 is 16.1 Å². The van der Waals surface area contributed by atoms with Crippen LogP contribution < -0.4 is 14.5 Å². The number of hydrogen-bond donors (Lipinski definition) is 2. The third kappa shape index (κ3) is 3.36. The molecule has 7 nitrogen and oxygen atoms in total. The summed E-state index contributed by atoms with van der Waals surface area (Å²) in [5.74, 6) is -0.273. The maximum absolute atomic E-state index is 13.1. The van der Waals surface area contributed by atoms with Crippen molar-refractivity contribution >= 4 is 32.4 Å². The number of anilines is 1. The van der Waals surface area contributed by atoms with Gasteiger partial charge in [-0.05, 0) is 24.4 Å². The van der Waals surface area contributed by atoms with E-state index in [4.69, 9.17) is 4.74 Å². The second-order valence-electron chi connectivity index (χ2n) is 7.37. The Balaban J connectivity index is 1.44. The standard InChI is InChI=1S/C20H25N3O4S/c1-15(20(24)21-9-4-10-22-11-13-27-14-12-22)23-17-7-2-5-16-6-3-8-18(19(16)17)28(23,25)26/h2-3,5-8,15H,4,9-14H2,1H3,(H,21,24)/p+1/t15-/m1/s1. The monoisotopic (exact) mass is 404 g/mol. The highest BCUT2D eigenvalue weighted by atomic mass is 32.2. The smallest absolute Gasteiger partial charge is 0.265 e. The quantitative estimate of drug-likeness (QED) is 0.672. The molecule has 2 aliphatic heterocycles. The number of rotatable bonds is 6. The molecule has 2 aromatic rings. The molecule has 0 unspecified atom stereocenters. The molecule has 0 spiro atoms. The number of quaternary nitrogens is 1. The Morgan fingerprint density at radius 1 is 1.21 bits per heavy atom. The Hall–Kier alpha value is -2.16. The lowest BCUT2D eigenvalue weighted by Gasteiger charge is -2.26. The molecule has 0 radical (unpaired) electrons. The molecule has 2 aliphatic rings.